The summed E-state index contributed by atoms with van der Waals surface area (Å²) in [5, 5.41) is 8.46. The average molecular weight is 566 g/mol. The second-order valence-electron chi connectivity index (χ2n) is 7.82. The maximum absolute atomic E-state index is 11.4. The Morgan fingerprint density at radius 2 is 0.744 bits per heavy atom. The number of hydrogen-bond acceptors (Lipinski definition) is 12. The number of nitrogens with zero attached hydrogens (tertiary/aromatic N) is 1. The van der Waals surface area contributed by atoms with Gasteiger partial charge < -0.3 is 47.7 Å². The standard InChI is InChI=1S/C25H43NO13/c27-23-1-2-24(28)26(23)4-6-32-8-10-34-12-14-36-16-18-38-20-22-39-21-19-37-17-15-35-13-11-33-9-7-31-5-3-25(29)30/h1-2H,3-22H2,(H,29,30). The summed E-state index contributed by atoms with van der Waals surface area (Å²) in [6.07, 6.45) is 2.49. The maximum atomic E-state index is 11.4. The molecule has 2 amide bonds. The Kier molecular flexibility index (Phi) is 23.5. The van der Waals surface area contributed by atoms with Crippen molar-refractivity contribution in [1.82, 2.24) is 4.90 Å². The molecule has 1 rings (SSSR count). The van der Waals surface area contributed by atoms with Crippen molar-refractivity contribution >= 4 is 17.8 Å². The Balaban J connectivity index is 1.64. The van der Waals surface area contributed by atoms with E-state index in [1.54, 1.807) is 0 Å². The molecule has 0 aromatic carbocycles. The molecule has 0 aromatic heterocycles. The lowest BCUT2D eigenvalue weighted by molar-refractivity contribution is -0.139. The molecule has 0 atom stereocenters. The Morgan fingerprint density at radius 3 is 1.03 bits per heavy atom. The van der Waals surface area contributed by atoms with Crippen LogP contribution in [0, 0.1) is 0 Å². The van der Waals surface area contributed by atoms with Gasteiger partial charge in [0.25, 0.3) is 11.8 Å². The third-order valence-corrected chi connectivity index (χ3v) is 4.80. The van der Waals surface area contributed by atoms with Crippen LogP contribution in [0.2, 0.25) is 0 Å². The normalized spacial score (nSPS) is 13.2. The zero-order chi connectivity index (χ0) is 28.2. The molecule has 0 aromatic rings. The molecular weight excluding hydrogens is 522 g/mol. The second-order valence-corrected chi connectivity index (χ2v) is 7.82. The zero-order valence-corrected chi connectivity index (χ0v) is 22.6. The van der Waals surface area contributed by atoms with Crippen molar-refractivity contribution in [3.63, 3.8) is 0 Å². The highest BCUT2D eigenvalue weighted by atomic mass is 16.6. The minimum atomic E-state index is -0.880. The molecule has 226 valence electrons. The van der Waals surface area contributed by atoms with E-state index < -0.39 is 5.97 Å². The summed E-state index contributed by atoms with van der Waals surface area (Å²) >= 11 is 0. The molecule has 0 radical (unpaired) electrons. The van der Waals surface area contributed by atoms with E-state index in [0.717, 1.165) is 4.90 Å². The molecule has 0 saturated carbocycles. The second kappa shape index (κ2) is 26.2. The molecular formula is C25H43NO13. The number of carboxylic acid groups (broad SMARTS) is 1. The quantitative estimate of drug-likeness (QED) is 0.0882. The van der Waals surface area contributed by atoms with Gasteiger partial charge in [0.15, 0.2) is 0 Å². The molecule has 39 heavy (non-hydrogen) atoms. The summed E-state index contributed by atoms with van der Waals surface area (Å²) in [7, 11) is 0. The lowest BCUT2D eigenvalue weighted by atomic mass is 10.5. The fourth-order valence-electron chi connectivity index (χ4n) is 2.83. The van der Waals surface area contributed by atoms with Gasteiger partial charge in [-0.05, 0) is 0 Å². The molecule has 0 bridgehead atoms. The number of carboxylic acids is 1. The Hall–Kier alpha value is -2.01. The maximum Gasteiger partial charge on any atom is 0.305 e. The molecule has 0 unspecified atom stereocenters. The topological polar surface area (TPSA) is 158 Å². The summed E-state index contributed by atoms with van der Waals surface area (Å²) < 4.78 is 48.1. The highest BCUT2D eigenvalue weighted by Gasteiger charge is 2.22. The number of carbonyl (C=O) groups is 3. The number of ether oxygens (including phenoxy) is 9. The molecule has 14 nitrogen and oxygen atoms in total. The first kappa shape index (κ1) is 35.0. The summed E-state index contributed by atoms with van der Waals surface area (Å²) in [5.41, 5.74) is 0. The number of hydrogen-bond donors (Lipinski definition) is 1. The highest BCUT2D eigenvalue weighted by Crippen LogP contribution is 2.02. The van der Waals surface area contributed by atoms with Crippen LogP contribution in [0.4, 0.5) is 0 Å². The Bertz CT molecular complexity index is 644. The van der Waals surface area contributed by atoms with Crippen molar-refractivity contribution in [2.75, 3.05) is 125 Å². The van der Waals surface area contributed by atoms with Crippen LogP contribution in [0.5, 0.6) is 0 Å². The number of imide groups is 1. The van der Waals surface area contributed by atoms with Gasteiger partial charge in [-0.15, -0.1) is 0 Å². The van der Waals surface area contributed by atoms with E-state index in [2.05, 4.69) is 0 Å². The first-order valence-electron chi connectivity index (χ1n) is 13.1. The number of rotatable bonds is 30. The fourth-order valence-corrected chi connectivity index (χ4v) is 2.83. The molecule has 1 N–H and O–H groups in total. The first-order valence-corrected chi connectivity index (χ1v) is 13.1. The molecule has 0 aliphatic carbocycles. The van der Waals surface area contributed by atoms with Gasteiger partial charge in [0.2, 0.25) is 0 Å². The van der Waals surface area contributed by atoms with Crippen molar-refractivity contribution in [2.24, 2.45) is 0 Å². The molecule has 14 heteroatoms. The minimum Gasteiger partial charge on any atom is -0.481 e. The van der Waals surface area contributed by atoms with Crippen molar-refractivity contribution in [3.8, 4) is 0 Å². The molecule has 0 fully saturated rings. The average Bonchev–Trinajstić information content (AvgIpc) is 3.24. The van der Waals surface area contributed by atoms with Gasteiger partial charge in [-0.25, -0.2) is 0 Å². The van der Waals surface area contributed by atoms with Gasteiger partial charge in [-0.3, -0.25) is 19.3 Å². The van der Waals surface area contributed by atoms with Crippen LogP contribution in [-0.4, -0.2) is 153 Å². The van der Waals surface area contributed by atoms with Gasteiger partial charge in [-0.1, -0.05) is 0 Å². The van der Waals surface area contributed by atoms with E-state index in [4.69, 9.17) is 47.7 Å². The van der Waals surface area contributed by atoms with Crippen LogP contribution in [0.25, 0.3) is 0 Å². The van der Waals surface area contributed by atoms with E-state index in [1.165, 1.54) is 12.2 Å². The van der Waals surface area contributed by atoms with E-state index in [0.29, 0.717) is 106 Å². The van der Waals surface area contributed by atoms with E-state index in [9.17, 15) is 14.4 Å². The van der Waals surface area contributed by atoms with Crippen LogP contribution < -0.4 is 0 Å². The number of amides is 2. The minimum absolute atomic E-state index is 0.00757. The van der Waals surface area contributed by atoms with Crippen molar-refractivity contribution in [1.29, 1.82) is 0 Å². The molecule has 1 aliphatic rings. The predicted octanol–water partition coefficient (Wildman–Crippen LogP) is -0.464. The van der Waals surface area contributed by atoms with Crippen LogP contribution in [0.3, 0.4) is 0 Å². The van der Waals surface area contributed by atoms with Gasteiger partial charge >= 0.3 is 5.97 Å². The van der Waals surface area contributed by atoms with Gasteiger partial charge in [0.05, 0.1) is 132 Å². The first-order chi connectivity index (χ1) is 19.1. The van der Waals surface area contributed by atoms with Gasteiger partial charge in [0, 0.05) is 12.2 Å². The Labute approximate surface area is 229 Å². The number of aliphatic carboxylic acids is 1. The molecule has 0 spiro atoms. The third-order valence-electron chi connectivity index (χ3n) is 4.80. The van der Waals surface area contributed by atoms with Crippen LogP contribution in [0.15, 0.2) is 12.2 Å². The SMILES string of the molecule is O=C(O)CCOCCOCCOCCOCCOCCOCCOCCOCCOCCN1C(=O)C=CC1=O. The molecule has 0 saturated heterocycles. The van der Waals surface area contributed by atoms with Crippen molar-refractivity contribution in [3.05, 3.63) is 12.2 Å². The lowest BCUT2D eigenvalue weighted by Crippen LogP contribution is -2.33. The van der Waals surface area contributed by atoms with Gasteiger partial charge in [0.1, 0.15) is 0 Å². The lowest BCUT2D eigenvalue weighted by Gasteiger charge is -2.13. The highest BCUT2D eigenvalue weighted by molar-refractivity contribution is 6.12. The van der Waals surface area contributed by atoms with E-state index in [-0.39, 0.29) is 38.0 Å². The fraction of sp³-hybridized carbons (Fsp3) is 0.800. The summed E-state index contributed by atoms with van der Waals surface area (Å²) in [6.45, 7) is 7.73. The smallest absolute Gasteiger partial charge is 0.305 e. The van der Waals surface area contributed by atoms with Crippen molar-refractivity contribution < 1.29 is 62.1 Å². The number of carbonyl (C=O) groups excluding carboxylic acids is 2. The summed E-state index contributed by atoms with van der Waals surface area (Å²) in [6, 6.07) is 0. The van der Waals surface area contributed by atoms with Crippen LogP contribution >= 0.6 is 0 Å². The van der Waals surface area contributed by atoms with Crippen LogP contribution in [-0.2, 0) is 57.0 Å². The van der Waals surface area contributed by atoms with Crippen LogP contribution in [0.1, 0.15) is 6.42 Å². The summed E-state index contributed by atoms with van der Waals surface area (Å²) in [4.78, 5) is 34.2. The third kappa shape index (κ3) is 22.5. The van der Waals surface area contributed by atoms with E-state index in [1.807, 2.05) is 0 Å². The van der Waals surface area contributed by atoms with Gasteiger partial charge in [-0.2, -0.15) is 0 Å². The Morgan fingerprint density at radius 1 is 0.487 bits per heavy atom. The summed E-state index contributed by atoms with van der Waals surface area (Å²) in [5.74, 6) is -1.50. The van der Waals surface area contributed by atoms with E-state index >= 15 is 0 Å². The van der Waals surface area contributed by atoms with Crippen molar-refractivity contribution in [2.45, 2.75) is 6.42 Å². The molecule has 1 aliphatic heterocycles. The monoisotopic (exact) mass is 565 g/mol. The largest absolute Gasteiger partial charge is 0.481 e. The molecule has 1 heterocycles. The zero-order valence-electron chi connectivity index (χ0n) is 22.6. The predicted molar refractivity (Wildman–Crippen MR) is 135 cm³/mol.